The van der Waals surface area contributed by atoms with Crippen LogP contribution in [0.5, 0.6) is 0 Å². The second kappa shape index (κ2) is 8.69. The molecule has 0 saturated carbocycles. The predicted molar refractivity (Wildman–Crippen MR) is 112 cm³/mol. The van der Waals surface area contributed by atoms with E-state index in [4.69, 9.17) is 4.74 Å². The number of carbonyl (C=O) groups is 1. The fourth-order valence-electron chi connectivity index (χ4n) is 3.55. The Morgan fingerprint density at radius 1 is 1.33 bits per heavy atom. The summed E-state index contributed by atoms with van der Waals surface area (Å²) in [6.07, 6.45) is 2.27. The van der Waals surface area contributed by atoms with Crippen molar-refractivity contribution in [2.45, 2.75) is 59.7 Å². The molecule has 0 amide bonds. The van der Waals surface area contributed by atoms with Crippen LogP contribution in [0.25, 0.3) is 0 Å². The number of hydrogen-bond donors (Lipinski definition) is 1. The molecule has 27 heavy (non-hydrogen) atoms. The molecule has 1 aromatic heterocycles. The van der Waals surface area contributed by atoms with Crippen molar-refractivity contribution >= 4 is 33.8 Å². The summed E-state index contributed by atoms with van der Waals surface area (Å²) < 4.78 is 6.04. The molecule has 0 spiro atoms. The zero-order valence-corrected chi connectivity index (χ0v) is 18.6. The van der Waals surface area contributed by atoms with Crippen LogP contribution in [-0.2, 0) is 9.53 Å². The summed E-state index contributed by atoms with van der Waals surface area (Å²) in [6, 6.07) is 0. The van der Waals surface area contributed by atoms with Gasteiger partial charge in [-0.2, -0.15) is 0 Å². The quantitative estimate of drug-likeness (QED) is 0.558. The number of aliphatic hydroxyl groups is 1. The number of esters is 1. The maximum Gasteiger partial charge on any atom is 0.340 e. The minimum atomic E-state index is -1.36. The minimum Gasteiger partial charge on any atom is -0.461 e. The van der Waals surface area contributed by atoms with Crippen LogP contribution in [0.15, 0.2) is 9.47 Å². The van der Waals surface area contributed by atoms with Gasteiger partial charge >= 0.3 is 5.97 Å². The van der Waals surface area contributed by atoms with E-state index in [1.807, 2.05) is 20.1 Å². The summed E-state index contributed by atoms with van der Waals surface area (Å²) in [5.74, 6) is -0.646. The third-order valence-electron chi connectivity index (χ3n) is 5.02. The van der Waals surface area contributed by atoms with Gasteiger partial charge in [-0.1, -0.05) is 6.92 Å². The monoisotopic (exact) mass is 439 g/mol. The molecular formula is C20H30BrN3O3. The van der Waals surface area contributed by atoms with Gasteiger partial charge in [0.1, 0.15) is 0 Å². The highest BCUT2D eigenvalue weighted by molar-refractivity contribution is 9.10. The van der Waals surface area contributed by atoms with E-state index in [9.17, 15) is 9.90 Å². The van der Waals surface area contributed by atoms with E-state index in [2.05, 4.69) is 37.7 Å². The molecular weight excluding hydrogens is 410 g/mol. The number of aromatic nitrogens is 1. The molecule has 1 aliphatic heterocycles. The van der Waals surface area contributed by atoms with Gasteiger partial charge in [-0.3, -0.25) is 4.98 Å². The van der Waals surface area contributed by atoms with E-state index in [-0.39, 0.29) is 11.5 Å². The number of aliphatic hydroxyl groups excluding tert-OH is 1. The van der Waals surface area contributed by atoms with Crippen LogP contribution in [0.3, 0.4) is 0 Å². The lowest BCUT2D eigenvalue weighted by Gasteiger charge is -2.40. The van der Waals surface area contributed by atoms with Crippen LogP contribution in [-0.4, -0.2) is 48.5 Å². The maximum atomic E-state index is 12.4. The van der Waals surface area contributed by atoms with Gasteiger partial charge in [-0.25, -0.2) is 4.79 Å². The molecule has 1 atom stereocenters. The second-order valence-electron chi connectivity index (χ2n) is 7.78. The van der Waals surface area contributed by atoms with E-state index in [1.54, 1.807) is 20.9 Å². The van der Waals surface area contributed by atoms with E-state index in [0.29, 0.717) is 11.3 Å². The van der Waals surface area contributed by atoms with Crippen LogP contribution in [0.2, 0.25) is 0 Å². The summed E-state index contributed by atoms with van der Waals surface area (Å²) in [5, 5.41) is 10.7. The average Bonchev–Trinajstić information content (AvgIpc) is 2.58. The van der Waals surface area contributed by atoms with Gasteiger partial charge in [0.25, 0.3) is 0 Å². The molecule has 1 unspecified atom stereocenters. The Morgan fingerprint density at radius 3 is 2.44 bits per heavy atom. The standard InChI is InChI=1S/C20H30BrN3O3/c1-12(2)27-19(26)18(25)15-13(3)23-14(4)16(21)17(15)24-9-7-20(5,8-10-24)11-22-6/h11-12,18,25H,7-10H2,1-6H3. The summed E-state index contributed by atoms with van der Waals surface area (Å²) in [7, 11) is 1.80. The van der Waals surface area contributed by atoms with Gasteiger partial charge in [0.15, 0.2) is 6.10 Å². The molecule has 2 heterocycles. The summed E-state index contributed by atoms with van der Waals surface area (Å²) >= 11 is 3.63. The number of carbonyl (C=O) groups excluding carboxylic acids is 1. The molecule has 1 fully saturated rings. The number of pyridine rings is 1. The third kappa shape index (κ3) is 4.88. The van der Waals surface area contributed by atoms with Gasteiger partial charge in [0.2, 0.25) is 0 Å². The second-order valence-corrected chi connectivity index (χ2v) is 8.57. The molecule has 0 aliphatic carbocycles. The van der Waals surface area contributed by atoms with Crippen LogP contribution in [0.4, 0.5) is 5.69 Å². The molecule has 150 valence electrons. The number of hydrogen-bond acceptors (Lipinski definition) is 6. The molecule has 2 rings (SSSR count). The fraction of sp³-hybridized carbons (Fsp3) is 0.650. The number of aryl methyl sites for hydroxylation is 2. The average molecular weight is 440 g/mol. The van der Waals surface area contributed by atoms with Crippen LogP contribution >= 0.6 is 15.9 Å². The number of aliphatic imine (C=N–C) groups is 1. The fourth-order valence-corrected chi connectivity index (χ4v) is 4.11. The predicted octanol–water partition coefficient (Wildman–Crippen LogP) is 3.75. The van der Waals surface area contributed by atoms with Gasteiger partial charge in [0, 0.05) is 43.0 Å². The largest absolute Gasteiger partial charge is 0.461 e. The van der Waals surface area contributed by atoms with Crippen molar-refractivity contribution in [1.29, 1.82) is 0 Å². The van der Waals surface area contributed by atoms with E-state index in [0.717, 1.165) is 41.8 Å². The molecule has 0 radical (unpaired) electrons. The number of nitrogens with zero attached hydrogens (tertiary/aromatic N) is 3. The zero-order chi connectivity index (χ0) is 20.4. The number of rotatable bonds is 5. The van der Waals surface area contributed by atoms with Gasteiger partial charge in [-0.15, -0.1) is 0 Å². The van der Waals surface area contributed by atoms with Crippen molar-refractivity contribution < 1.29 is 14.6 Å². The topological polar surface area (TPSA) is 75.0 Å². The summed E-state index contributed by atoms with van der Waals surface area (Å²) in [6.45, 7) is 11.1. The van der Waals surface area contributed by atoms with Crippen molar-refractivity contribution in [2.24, 2.45) is 10.4 Å². The smallest absolute Gasteiger partial charge is 0.340 e. The molecule has 6 nitrogen and oxygen atoms in total. The summed E-state index contributed by atoms with van der Waals surface area (Å²) in [4.78, 5) is 23.3. The molecule has 1 N–H and O–H groups in total. The Bertz CT molecular complexity index is 726. The first-order valence-electron chi connectivity index (χ1n) is 9.33. The van der Waals surface area contributed by atoms with Crippen LogP contribution < -0.4 is 4.90 Å². The highest BCUT2D eigenvalue weighted by Crippen LogP contribution is 2.41. The normalized spacial score (nSPS) is 18.2. The molecule has 1 aromatic rings. The van der Waals surface area contributed by atoms with Crippen LogP contribution in [0, 0.1) is 19.3 Å². The Hall–Kier alpha value is -1.47. The Labute approximate surface area is 170 Å². The van der Waals surface area contributed by atoms with Crippen LogP contribution in [0.1, 0.15) is 56.7 Å². The lowest BCUT2D eigenvalue weighted by atomic mass is 9.81. The minimum absolute atomic E-state index is 0.0736. The lowest BCUT2D eigenvalue weighted by Crippen LogP contribution is -2.40. The highest BCUT2D eigenvalue weighted by Gasteiger charge is 2.34. The van der Waals surface area contributed by atoms with Crippen molar-refractivity contribution in [3.63, 3.8) is 0 Å². The lowest BCUT2D eigenvalue weighted by molar-refractivity contribution is -0.157. The number of anilines is 1. The van der Waals surface area contributed by atoms with E-state index >= 15 is 0 Å². The molecule has 7 heteroatoms. The molecule has 1 aliphatic rings. The molecule has 1 saturated heterocycles. The van der Waals surface area contributed by atoms with Gasteiger partial charge in [-0.05, 0) is 56.5 Å². The Morgan fingerprint density at radius 2 is 1.93 bits per heavy atom. The van der Waals surface area contributed by atoms with Crippen molar-refractivity contribution in [3.8, 4) is 0 Å². The SMILES string of the molecule is CN=CC1(C)CCN(c2c(Br)c(C)nc(C)c2C(O)C(=O)OC(C)C)CC1. The van der Waals surface area contributed by atoms with Gasteiger partial charge in [0.05, 0.1) is 22.0 Å². The molecule has 0 bridgehead atoms. The highest BCUT2D eigenvalue weighted by atomic mass is 79.9. The van der Waals surface area contributed by atoms with Crippen molar-refractivity contribution in [2.75, 3.05) is 25.0 Å². The number of ether oxygens (including phenoxy) is 1. The van der Waals surface area contributed by atoms with Gasteiger partial charge < -0.3 is 19.7 Å². The number of piperidine rings is 1. The summed E-state index contributed by atoms with van der Waals surface area (Å²) in [5.41, 5.74) is 2.90. The third-order valence-corrected chi connectivity index (χ3v) is 5.97. The first-order valence-corrected chi connectivity index (χ1v) is 10.1. The zero-order valence-electron chi connectivity index (χ0n) is 17.0. The molecule has 0 aromatic carbocycles. The number of halogens is 1. The van der Waals surface area contributed by atoms with E-state index < -0.39 is 12.1 Å². The Balaban J connectivity index is 2.42. The van der Waals surface area contributed by atoms with Crippen molar-refractivity contribution in [1.82, 2.24) is 4.98 Å². The maximum absolute atomic E-state index is 12.4. The van der Waals surface area contributed by atoms with Crippen molar-refractivity contribution in [3.05, 3.63) is 21.4 Å². The Kier molecular flexibility index (Phi) is 7.03. The first kappa shape index (κ1) is 21.8. The first-order chi connectivity index (χ1) is 12.6. The van der Waals surface area contributed by atoms with E-state index in [1.165, 1.54) is 0 Å².